The van der Waals surface area contributed by atoms with Gasteiger partial charge in [-0.15, -0.1) is 0 Å². The fourth-order valence-electron chi connectivity index (χ4n) is 5.83. The summed E-state index contributed by atoms with van der Waals surface area (Å²) in [6.07, 6.45) is 2.86. The number of hydrogen-bond acceptors (Lipinski definition) is 6. The minimum atomic E-state index is -0.278. The molecule has 1 aliphatic heterocycles. The lowest BCUT2D eigenvalue weighted by Crippen LogP contribution is -2.44. The highest BCUT2D eigenvalue weighted by Crippen LogP contribution is 2.40. The second-order valence-electron chi connectivity index (χ2n) is 11.7. The third-order valence-corrected chi connectivity index (χ3v) is 8.58. The van der Waals surface area contributed by atoms with Gasteiger partial charge in [-0.05, 0) is 78.7 Å². The molecule has 6 rings (SSSR count). The number of amides is 2. The molecule has 234 valence electrons. The van der Waals surface area contributed by atoms with Crippen LogP contribution in [0.25, 0.3) is 33.4 Å². The van der Waals surface area contributed by atoms with Crippen LogP contribution in [0.4, 0.5) is 17.1 Å². The fourth-order valence-corrected chi connectivity index (χ4v) is 5.83. The molecule has 4 N–H and O–H groups in total. The third-order valence-electron chi connectivity index (χ3n) is 8.58. The Hall–Kier alpha value is -5.41. The van der Waals surface area contributed by atoms with Gasteiger partial charge >= 0.3 is 0 Å². The summed E-state index contributed by atoms with van der Waals surface area (Å²) in [6, 6.07) is 24.4. The van der Waals surface area contributed by atoms with E-state index in [9.17, 15) is 9.59 Å². The number of carbonyl (C=O) groups is 2. The van der Waals surface area contributed by atoms with Crippen molar-refractivity contribution in [3.05, 3.63) is 108 Å². The highest BCUT2D eigenvalue weighted by atomic mass is 16.2. The van der Waals surface area contributed by atoms with Crippen molar-refractivity contribution >= 4 is 39.9 Å². The van der Waals surface area contributed by atoms with Crippen LogP contribution < -0.4 is 20.9 Å². The molecule has 0 bridgehead atoms. The summed E-state index contributed by atoms with van der Waals surface area (Å²) in [5, 5.41) is 9.90. The smallest absolute Gasteiger partial charge is 0.253 e. The fraction of sp³-hybridized carbons (Fsp3) is 0.216. The summed E-state index contributed by atoms with van der Waals surface area (Å²) in [7, 11) is 4.02. The average molecular weight is 614 g/mol. The van der Waals surface area contributed by atoms with E-state index < -0.39 is 0 Å². The molecule has 5 aromatic rings. The Balaban J connectivity index is 1.39. The number of aryl methyl sites for hydroxylation is 1. The minimum Gasteiger partial charge on any atom is -0.388 e. The van der Waals surface area contributed by atoms with Crippen molar-refractivity contribution in [2.24, 2.45) is 0 Å². The Morgan fingerprint density at radius 3 is 2.48 bits per heavy atom. The zero-order valence-corrected chi connectivity index (χ0v) is 26.5. The number of aromatic amines is 1. The number of rotatable bonds is 9. The molecule has 0 spiro atoms. The number of aromatic nitrogens is 2. The minimum absolute atomic E-state index is 0.211. The van der Waals surface area contributed by atoms with Crippen LogP contribution in [0.15, 0.2) is 91.6 Å². The van der Waals surface area contributed by atoms with E-state index in [-0.39, 0.29) is 11.8 Å². The Kier molecular flexibility index (Phi) is 8.85. The highest BCUT2D eigenvalue weighted by Gasteiger charge is 2.20. The summed E-state index contributed by atoms with van der Waals surface area (Å²) in [4.78, 5) is 38.6. The molecule has 1 aliphatic rings. The number of hydrogen-bond donors (Lipinski definition) is 4. The third kappa shape index (κ3) is 6.50. The van der Waals surface area contributed by atoms with E-state index in [2.05, 4.69) is 68.6 Å². The number of piperazine rings is 1. The van der Waals surface area contributed by atoms with Gasteiger partial charge in [0.25, 0.3) is 5.91 Å². The van der Waals surface area contributed by atoms with E-state index in [0.717, 1.165) is 70.8 Å². The van der Waals surface area contributed by atoms with Gasteiger partial charge in [-0.2, -0.15) is 0 Å². The number of H-pyrrole nitrogens is 1. The summed E-state index contributed by atoms with van der Waals surface area (Å²) in [6.45, 7) is 9.99. The van der Waals surface area contributed by atoms with Crippen molar-refractivity contribution < 1.29 is 9.59 Å². The lowest BCUT2D eigenvalue weighted by atomic mass is 9.96. The van der Waals surface area contributed by atoms with E-state index >= 15 is 0 Å². The second-order valence-corrected chi connectivity index (χ2v) is 11.7. The number of pyridine rings is 1. The summed E-state index contributed by atoms with van der Waals surface area (Å²) in [5.41, 5.74) is 9.60. The molecule has 2 amide bonds. The number of nitrogens with zero attached hydrogens (tertiary/aromatic N) is 3. The first-order chi connectivity index (χ1) is 22.3. The second kappa shape index (κ2) is 13.3. The topological polar surface area (TPSA) is 105 Å². The highest BCUT2D eigenvalue weighted by molar-refractivity contribution is 6.07. The summed E-state index contributed by atoms with van der Waals surface area (Å²) in [5.74, 6) is -0.489. The van der Waals surface area contributed by atoms with Crippen molar-refractivity contribution in [2.75, 3.05) is 55.8 Å². The van der Waals surface area contributed by atoms with Crippen LogP contribution in [0, 0.1) is 6.92 Å². The maximum atomic E-state index is 13.4. The zero-order chi connectivity index (χ0) is 32.2. The molecule has 2 aromatic heterocycles. The standard InChI is InChI=1S/C37H39N7O2/c1-5-33(45)41-32-21-27(10-9-24(32)2)34-31-20-28(37(46)40-22-25-7-6-8-29(19-25)38-3)23-39-36(31)42-35(34)26-11-13-30(14-12-26)44-17-15-43(4)16-18-44/h5-14,19-21,23,38H,1,15-18,22H2,2-4H3,(H,39,42)(H,40,46)(H,41,45). The van der Waals surface area contributed by atoms with Gasteiger partial charge in [0.15, 0.2) is 0 Å². The molecular formula is C37H39N7O2. The molecule has 1 saturated heterocycles. The number of benzene rings is 3. The van der Waals surface area contributed by atoms with Gasteiger partial charge in [-0.3, -0.25) is 9.59 Å². The van der Waals surface area contributed by atoms with Crippen molar-refractivity contribution in [2.45, 2.75) is 13.5 Å². The molecule has 9 nitrogen and oxygen atoms in total. The number of fused-ring (bicyclic) bond motifs is 1. The number of carbonyl (C=O) groups excluding carboxylic acids is 2. The van der Waals surface area contributed by atoms with E-state index in [1.165, 1.54) is 11.8 Å². The number of anilines is 3. The van der Waals surface area contributed by atoms with Crippen molar-refractivity contribution in [3.63, 3.8) is 0 Å². The van der Waals surface area contributed by atoms with Crippen LogP contribution in [0.3, 0.4) is 0 Å². The van der Waals surface area contributed by atoms with Gasteiger partial charge in [0.1, 0.15) is 5.65 Å². The molecule has 0 saturated carbocycles. The molecule has 0 radical (unpaired) electrons. The number of nitrogens with one attached hydrogen (secondary N) is 4. The molecule has 9 heteroatoms. The Morgan fingerprint density at radius 1 is 0.978 bits per heavy atom. The van der Waals surface area contributed by atoms with E-state index in [4.69, 9.17) is 4.98 Å². The lowest BCUT2D eigenvalue weighted by Gasteiger charge is -2.34. The van der Waals surface area contributed by atoms with Crippen molar-refractivity contribution in [1.29, 1.82) is 0 Å². The first-order valence-corrected chi connectivity index (χ1v) is 15.5. The van der Waals surface area contributed by atoms with Gasteiger partial charge in [-0.1, -0.05) is 43.0 Å². The molecule has 0 aliphatic carbocycles. The predicted molar refractivity (Wildman–Crippen MR) is 187 cm³/mol. The van der Waals surface area contributed by atoms with Crippen LogP contribution >= 0.6 is 0 Å². The molecular weight excluding hydrogens is 574 g/mol. The molecule has 3 heterocycles. The van der Waals surface area contributed by atoms with Crippen LogP contribution in [0.5, 0.6) is 0 Å². The molecule has 1 fully saturated rings. The predicted octanol–water partition coefficient (Wildman–Crippen LogP) is 6.05. The Labute approximate surface area is 269 Å². The lowest BCUT2D eigenvalue weighted by molar-refractivity contribution is -0.111. The maximum absolute atomic E-state index is 13.4. The number of likely N-dealkylation sites (N-methyl/N-ethyl adjacent to an activating group) is 1. The monoisotopic (exact) mass is 613 g/mol. The first kappa shape index (κ1) is 30.6. The average Bonchev–Trinajstić information content (AvgIpc) is 3.47. The van der Waals surface area contributed by atoms with Crippen molar-refractivity contribution in [3.8, 4) is 22.4 Å². The summed E-state index contributed by atoms with van der Waals surface area (Å²) >= 11 is 0. The largest absolute Gasteiger partial charge is 0.388 e. The van der Waals surface area contributed by atoms with E-state index in [0.29, 0.717) is 23.4 Å². The van der Waals surface area contributed by atoms with Gasteiger partial charge in [0, 0.05) is 74.0 Å². The molecule has 46 heavy (non-hydrogen) atoms. The van der Waals surface area contributed by atoms with Crippen LogP contribution in [-0.4, -0.2) is 67.0 Å². The van der Waals surface area contributed by atoms with Gasteiger partial charge in [0.2, 0.25) is 5.91 Å². The van der Waals surface area contributed by atoms with Gasteiger partial charge in [0.05, 0.1) is 11.3 Å². The molecule has 0 unspecified atom stereocenters. The molecule has 3 aromatic carbocycles. The van der Waals surface area contributed by atoms with Crippen molar-refractivity contribution in [1.82, 2.24) is 20.2 Å². The van der Waals surface area contributed by atoms with Gasteiger partial charge < -0.3 is 30.7 Å². The molecule has 0 atom stereocenters. The SMILES string of the molecule is C=CC(=O)Nc1cc(-c2c(-c3ccc(N4CCN(C)CC4)cc3)[nH]c3ncc(C(=O)NCc4cccc(NC)c4)cc23)ccc1C. The normalized spacial score (nSPS) is 13.4. The Morgan fingerprint density at radius 2 is 1.74 bits per heavy atom. The van der Waals surface area contributed by atoms with Crippen LogP contribution in [-0.2, 0) is 11.3 Å². The van der Waals surface area contributed by atoms with E-state index in [1.807, 2.05) is 62.5 Å². The van der Waals surface area contributed by atoms with Gasteiger partial charge in [-0.25, -0.2) is 4.98 Å². The Bertz CT molecular complexity index is 1900. The van der Waals surface area contributed by atoms with Crippen LogP contribution in [0.2, 0.25) is 0 Å². The quantitative estimate of drug-likeness (QED) is 0.151. The van der Waals surface area contributed by atoms with E-state index in [1.54, 1.807) is 6.20 Å². The first-order valence-electron chi connectivity index (χ1n) is 15.5. The van der Waals surface area contributed by atoms with Crippen LogP contribution in [0.1, 0.15) is 21.5 Å². The zero-order valence-electron chi connectivity index (χ0n) is 26.5. The maximum Gasteiger partial charge on any atom is 0.253 e. The summed E-state index contributed by atoms with van der Waals surface area (Å²) < 4.78 is 0.